The van der Waals surface area contributed by atoms with Crippen molar-refractivity contribution in [3.8, 4) is 28.0 Å². The summed E-state index contributed by atoms with van der Waals surface area (Å²) >= 11 is 0. The predicted molar refractivity (Wildman–Crippen MR) is 130 cm³/mol. The Labute approximate surface area is 191 Å². The minimum absolute atomic E-state index is 0.261. The van der Waals surface area contributed by atoms with Crippen molar-refractivity contribution in [3.05, 3.63) is 77.9 Å². The maximum absolute atomic E-state index is 14.9. The molecule has 0 bridgehead atoms. The maximum atomic E-state index is 14.9. The van der Waals surface area contributed by atoms with E-state index in [1.54, 1.807) is 24.3 Å². The maximum Gasteiger partial charge on any atom is 0.167 e. The quantitative estimate of drug-likeness (QED) is 0.257. The number of ether oxygens (including phenoxy) is 1. The molecule has 0 saturated heterocycles. The van der Waals surface area contributed by atoms with Crippen LogP contribution < -0.4 is 4.74 Å². The SMILES string of the molecule is CCCCCCOc1ccc(-c2ccc(-c3ccc(CCCCC)cc3)c(F)c2F)cc1. The lowest BCUT2D eigenvalue weighted by Gasteiger charge is -2.11. The van der Waals surface area contributed by atoms with Crippen molar-refractivity contribution in [1.82, 2.24) is 0 Å². The van der Waals surface area contributed by atoms with Gasteiger partial charge < -0.3 is 4.74 Å². The van der Waals surface area contributed by atoms with Crippen molar-refractivity contribution < 1.29 is 13.5 Å². The molecule has 0 heterocycles. The first-order valence-electron chi connectivity index (χ1n) is 11.9. The molecule has 0 spiro atoms. The van der Waals surface area contributed by atoms with Crippen LogP contribution >= 0.6 is 0 Å². The fraction of sp³-hybridized carbons (Fsp3) is 0.379. The van der Waals surface area contributed by atoms with Crippen LogP contribution in [-0.2, 0) is 6.42 Å². The fourth-order valence-electron chi connectivity index (χ4n) is 3.88. The molecule has 0 N–H and O–H groups in total. The third kappa shape index (κ3) is 6.41. The fourth-order valence-corrected chi connectivity index (χ4v) is 3.88. The van der Waals surface area contributed by atoms with E-state index in [0.717, 1.165) is 31.4 Å². The minimum atomic E-state index is -0.817. The monoisotopic (exact) mass is 436 g/mol. The van der Waals surface area contributed by atoms with Gasteiger partial charge in [0.25, 0.3) is 0 Å². The van der Waals surface area contributed by atoms with Gasteiger partial charge in [-0.2, -0.15) is 0 Å². The predicted octanol–water partition coefficient (Wildman–Crippen LogP) is 8.99. The lowest BCUT2D eigenvalue weighted by molar-refractivity contribution is 0.305. The summed E-state index contributed by atoms with van der Waals surface area (Å²) in [5, 5.41) is 0. The van der Waals surface area contributed by atoms with Gasteiger partial charge in [-0.1, -0.05) is 94.5 Å². The van der Waals surface area contributed by atoms with Crippen LogP contribution in [0.3, 0.4) is 0 Å². The zero-order valence-electron chi connectivity index (χ0n) is 19.3. The Kier molecular flexibility index (Phi) is 9.27. The zero-order valence-corrected chi connectivity index (χ0v) is 19.3. The van der Waals surface area contributed by atoms with Crippen molar-refractivity contribution in [2.24, 2.45) is 0 Å². The molecule has 1 nitrogen and oxygen atoms in total. The van der Waals surface area contributed by atoms with Gasteiger partial charge in [-0.3, -0.25) is 0 Å². The number of halogens is 2. The number of unbranched alkanes of at least 4 members (excludes halogenated alkanes) is 5. The second kappa shape index (κ2) is 12.4. The highest BCUT2D eigenvalue weighted by Gasteiger charge is 2.16. The van der Waals surface area contributed by atoms with Gasteiger partial charge in [0, 0.05) is 11.1 Å². The molecule has 3 rings (SSSR count). The zero-order chi connectivity index (χ0) is 22.8. The van der Waals surface area contributed by atoms with Gasteiger partial charge in [-0.25, -0.2) is 8.78 Å². The van der Waals surface area contributed by atoms with Crippen molar-refractivity contribution in [3.63, 3.8) is 0 Å². The van der Waals surface area contributed by atoms with Crippen molar-refractivity contribution in [1.29, 1.82) is 0 Å². The smallest absolute Gasteiger partial charge is 0.167 e. The summed E-state index contributed by atoms with van der Waals surface area (Å²) in [4.78, 5) is 0. The summed E-state index contributed by atoms with van der Waals surface area (Å²) in [6.07, 6.45) is 9.15. The standard InChI is InChI=1S/C29H34F2O/c1-3-5-7-9-21-32-25-17-15-24(16-18-25)27-20-19-26(28(30)29(27)31)23-13-11-22(12-14-23)10-8-6-4-2/h11-20H,3-10,21H2,1-2H3. The normalized spacial score (nSPS) is 11.0. The summed E-state index contributed by atoms with van der Waals surface area (Å²) in [7, 11) is 0. The van der Waals surface area contributed by atoms with Gasteiger partial charge in [-0.15, -0.1) is 0 Å². The van der Waals surface area contributed by atoms with E-state index in [1.165, 1.54) is 31.2 Å². The summed E-state index contributed by atoms with van der Waals surface area (Å²) in [6.45, 7) is 5.04. The molecule has 170 valence electrons. The summed E-state index contributed by atoms with van der Waals surface area (Å²) in [5.41, 5.74) is 3.11. The number of hydrogen-bond donors (Lipinski definition) is 0. The summed E-state index contributed by atoms with van der Waals surface area (Å²) in [5.74, 6) is -0.873. The van der Waals surface area contributed by atoms with Crippen LogP contribution in [0.2, 0.25) is 0 Å². The van der Waals surface area contributed by atoms with Crippen LogP contribution in [-0.4, -0.2) is 6.61 Å². The van der Waals surface area contributed by atoms with E-state index in [2.05, 4.69) is 13.8 Å². The van der Waals surface area contributed by atoms with Gasteiger partial charge in [0.15, 0.2) is 11.6 Å². The average Bonchev–Trinajstić information content (AvgIpc) is 2.82. The highest BCUT2D eigenvalue weighted by atomic mass is 19.2. The highest BCUT2D eigenvalue weighted by molar-refractivity contribution is 5.72. The number of aryl methyl sites for hydroxylation is 1. The first kappa shape index (κ1) is 24.0. The molecule has 0 atom stereocenters. The van der Waals surface area contributed by atoms with Crippen LogP contribution in [0.5, 0.6) is 5.75 Å². The third-order valence-electron chi connectivity index (χ3n) is 5.85. The molecule has 0 unspecified atom stereocenters. The molecule has 0 aliphatic rings. The van der Waals surface area contributed by atoms with Gasteiger partial charge in [-0.05, 0) is 48.1 Å². The Hall–Kier alpha value is -2.68. The van der Waals surface area contributed by atoms with Gasteiger partial charge >= 0.3 is 0 Å². The van der Waals surface area contributed by atoms with Gasteiger partial charge in [0.05, 0.1) is 6.61 Å². The lowest BCUT2D eigenvalue weighted by atomic mass is 9.97. The van der Waals surface area contributed by atoms with E-state index in [-0.39, 0.29) is 5.56 Å². The Bertz CT molecular complexity index is 962. The Balaban J connectivity index is 1.69. The molecule has 3 aromatic rings. The second-order valence-electron chi connectivity index (χ2n) is 8.38. The molecule has 32 heavy (non-hydrogen) atoms. The van der Waals surface area contributed by atoms with Crippen LogP contribution in [0.1, 0.15) is 64.4 Å². The summed E-state index contributed by atoms with van der Waals surface area (Å²) in [6, 6.07) is 18.3. The number of rotatable bonds is 12. The number of hydrogen-bond acceptors (Lipinski definition) is 1. The Morgan fingerprint density at radius 2 is 1.12 bits per heavy atom. The lowest BCUT2D eigenvalue weighted by Crippen LogP contribution is -1.97. The van der Waals surface area contributed by atoms with Crippen LogP contribution in [0.25, 0.3) is 22.3 Å². The molecular formula is C29H34F2O. The van der Waals surface area contributed by atoms with Gasteiger partial charge in [0.1, 0.15) is 5.75 Å². The van der Waals surface area contributed by atoms with Crippen LogP contribution in [0.15, 0.2) is 60.7 Å². The first-order valence-corrected chi connectivity index (χ1v) is 11.9. The van der Waals surface area contributed by atoms with E-state index in [1.807, 2.05) is 36.4 Å². The molecule has 0 amide bonds. The van der Waals surface area contributed by atoms with Gasteiger partial charge in [0.2, 0.25) is 0 Å². The first-order chi connectivity index (χ1) is 15.6. The largest absolute Gasteiger partial charge is 0.494 e. The van der Waals surface area contributed by atoms with Crippen molar-refractivity contribution in [2.75, 3.05) is 6.61 Å². The van der Waals surface area contributed by atoms with E-state index < -0.39 is 11.6 Å². The topological polar surface area (TPSA) is 9.23 Å². The van der Waals surface area contributed by atoms with E-state index in [4.69, 9.17) is 4.74 Å². The molecule has 0 radical (unpaired) electrons. The molecule has 0 aliphatic heterocycles. The van der Waals surface area contributed by atoms with Crippen molar-refractivity contribution in [2.45, 2.75) is 65.2 Å². The molecular weight excluding hydrogens is 402 g/mol. The third-order valence-corrected chi connectivity index (χ3v) is 5.85. The van der Waals surface area contributed by atoms with Crippen LogP contribution in [0, 0.1) is 11.6 Å². The molecule has 0 saturated carbocycles. The Morgan fingerprint density at radius 1 is 0.594 bits per heavy atom. The molecule has 3 aromatic carbocycles. The minimum Gasteiger partial charge on any atom is -0.494 e. The summed E-state index contributed by atoms with van der Waals surface area (Å²) < 4.78 is 35.6. The average molecular weight is 437 g/mol. The van der Waals surface area contributed by atoms with Crippen molar-refractivity contribution >= 4 is 0 Å². The molecule has 0 fully saturated rings. The highest BCUT2D eigenvalue weighted by Crippen LogP contribution is 2.32. The molecule has 0 aromatic heterocycles. The molecule has 0 aliphatic carbocycles. The Morgan fingerprint density at radius 3 is 1.69 bits per heavy atom. The van der Waals surface area contributed by atoms with E-state index in [0.29, 0.717) is 23.3 Å². The second-order valence-corrected chi connectivity index (χ2v) is 8.38. The van der Waals surface area contributed by atoms with E-state index in [9.17, 15) is 8.78 Å². The molecule has 3 heteroatoms. The van der Waals surface area contributed by atoms with E-state index >= 15 is 0 Å². The number of benzene rings is 3. The van der Waals surface area contributed by atoms with Crippen LogP contribution in [0.4, 0.5) is 8.78 Å².